The quantitative estimate of drug-likeness (QED) is 0.177. The third-order valence-electron chi connectivity index (χ3n) is 10.1. The van der Waals surface area contributed by atoms with E-state index < -0.39 is 0 Å². The highest BCUT2D eigenvalue weighted by molar-refractivity contribution is 7.26. The van der Waals surface area contributed by atoms with Gasteiger partial charge in [0.15, 0.2) is 17.5 Å². The van der Waals surface area contributed by atoms with Gasteiger partial charge in [0.05, 0.1) is 10.2 Å². The number of thiophene rings is 1. The highest BCUT2D eigenvalue weighted by atomic mass is 32.1. The summed E-state index contributed by atoms with van der Waals surface area (Å²) in [5, 5.41) is 7.99. The van der Waals surface area contributed by atoms with Gasteiger partial charge in [0.1, 0.15) is 5.01 Å². The van der Waals surface area contributed by atoms with Crippen molar-refractivity contribution in [3.63, 3.8) is 0 Å². The van der Waals surface area contributed by atoms with E-state index >= 15 is 0 Å². The van der Waals surface area contributed by atoms with Gasteiger partial charge in [-0.15, -0.1) is 22.7 Å². The lowest BCUT2D eigenvalue weighted by Crippen LogP contribution is -2.01. The molecule has 0 aliphatic rings. The van der Waals surface area contributed by atoms with Gasteiger partial charge in [-0.05, 0) is 69.1 Å². The van der Waals surface area contributed by atoms with Crippen LogP contribution in [0.1, 0.15) is 0 Å². The summed E-state index contributed by atoms with van der Waals surface area (Å²) in [6, 6.07) is 59.8. The number of thiazole rings is 1. The number of fused-ring (bicyclic) bond motifs is 6. The minimum Gasteiger partial charge on any atom is -0.236 e. The molecule has 3 heterocycles. The number of rotatable bonds is 5. The fourth-order valence-corrected chi connectivity index (χ4v) is 9.63. The van der Waals surface area contributed by atoms with Crippen molar-refractivity contribution in [2.75, 3.05) is 0 Å². The van der Waals surface area contributed by atoms with Crippen LogP contribution >= 0.6 is 22.7 Å². The molecular formula is C48H28N4S2. The average Bonchev–Trinajstić information content (AvgIpc) is 3.83. The van der Waals surface area contributed by atoms with Crippen molar-refractivity contribution in [2.45, 2.75) is 0 Å². The van der Waals surface area contributed by atoms with Crippen molar-refractivity contribution in [2.24, 2.45) is 0 Å². The number of hydrogen-bond donors (Lipinski definition) is 0. The van der Waals surface area contributed by atoms with Crippen molar-refractivity contribution in [3.05, 3.63) is 170 Å². The van der Waals surface area contributed by atoms with Crippen LogP contribution in [0.2, 0.25) is 0 Å². The highest BCUT2D eigenvalue weighted by Gasteiger charge is 2.20. The first-order chi connectivity index (χ1) is 26.7. The standard InChI is InChI=1S/C48H28N4S2/c1-3-13-30(14-4-1)37-25-33-18-9-10-19-34(33)26-38(37)47-51-45(35-23-22-29-12-7-8-17-32(29)24-35)50-46(52-47)36-20-11-21-41-44(36)39-27-43-40(28-42(39)53-41)49-48(54-43)31-15-5-2-6-16-31/h1-28H. The second kappa shape index (κ2) is 12.5. The van der Waals surface area contributed by atoms with Gasteiger partial charge in [-0.2, -0.15) is 0 Å². The van der Waals surface area contributed by atoms with Crippen LogP contribution in [-0.4, -0.2) is 19.9 Å². The summed E-state index contributed by atoms with van der Waals surface area (Å²) < 4.78 is 3.54. The molecule has 0 unspecified atom stereocenters. The van der Waals surface area contributed by atoms with Gasteiger partial charge < -0.3 is 0 Å². The molecular weight excluding hydrogens is 697 g/mol. The van der Waals surface area contributed by atoms with Gasteiger partial charge >= 0.3 is 0 Å². The largest absolute Gasteiger partial charge is 0.236 e. The molecule has 0 saturated heterocycles. The molecule has 0 N–H and O–H groups in total. The van der Waals surface area contributed by atoms with Gasteiger partial charge in [0.2, 0.25) is 0 Å². The Labute approximate surface area is 318 Å². The Morgan fingerprint density at radius 3 is 1.72 bits per heavy atom. The van der Waals surface area contributed by atoms with Crippen LogP contribution in [0.25, 0.3) is 108 Å². The number of hydrogen-bond acceptors (Lipinski definition) is 6. The molecule has 0 bridgehead atoms. The van der Waals surface area contributed by atoms with E-state index in [2.05, 4.69) is 164 Å². The minimum absolute atomic E-state index is 0.640. The molecule has 0 fully saturated rings. The van der Waals surface area contributed by atoms with Gasteiger partial charge in [0, 0.05) is 42.4 Å². The number of benzene rings is 8. The van der Waals surface area contributed by atoms with E-state index in [4.69, 9.17) is 19.9 Å². The Balaban J connectivity index is 1.17. The normalized spacial score (nSPS) is 11.7. The minimum atomic E-state index is 0.640. The summed E-state index contributed by atoms with van der Waals surface area (Å²) >= 11 is 3.52. The monoisotopic (exact) mass is 724 g/mol. The van der Waals surface area contributed by atoms with E-state index in [1.807, 2.05) is 6.07 Å². The Morgan fingerprint density at radius 2 is 0.963 bits per heavy atom. The molecule has 252 valence electrons. The lowest BCUT2D eigenvalue weighted by atomic mass is 9.95. The van der Waals surface area contributed by atoms with Gasteiger partial charge in [-0.1, -0.05) is 133 Å². The van der Waals surface area contributed by atoms with Crippen molar-refractivity contribution < 1.29 is 0 Å². The lowest BCUT2D eigenvalue weighted by Gasteiger charge is -2.14. The topological polar surface area (TPSA) is 51.6 Å². The lowest BCUT2D eigenvalue weighted by molar-refractivity contribution is 1.08. The zero-order valence-corrected chi connectivity index (χ0v) is 30.4. The Kier molecular flexibility index (Phi) is 7.18. The Morgan fingerprint density at radius 1 is 0.333 bits per heavy atom. The van der Waals surface area contributed by atoms with E-state index in [1.54, 1.807) is 22.7 Å². The van der Waals surface area contributed by atoms with Crippen molar-refractivity contribution in [3.8, 4) is 55.9 Å². The number of nitrogens with zero attached hydrogens (tertiary/aromatic N) is 4. The number of aromatic nitrogens is 4. The maximum atomic E-state index is 5.37. The molecule has 4 nitrogen and oxygen atoms in total. The van der Waals surface area contributed by atoms with E-state index in [1.165, 1.54) is 25.6 Å². The van der Waals surface area contributed by atoms with Crippen LogP contribution in [0, 0.1) is 0 Å². The predicted octanol–water partition coefficient (Wildman–Crippen LogP) is 13.5. The molecule has 8 aromatic carbocycles. The summed E-state index contributed by atoms with van der Waals surface area (Å²) in [6.07, 6.45) is 0. The van der Waals surface area contributed by atoms with Crippen molar-refractivity contribution in [1.82, 2.24) is 19.9 Å². The fraction of sp³-hybridized carbons (Fsp3) is 0. The maximum Gasteiger partial charge on any atom is 0.164 e. The van der Waals surface area contributed by atoms with Crippen molar-refractivity contribution in [1.29, 1.82) is 0 Å². The third-order valence-corrected chi connectivity index (χ3v) is 12.3. The first kappa shape index (κ1) is 31.0. The molecule has 0 atom stereocenters. The SMILES string of the molecule is c1ccc(-c2nc3cc4sc5cccc(-c6nc(-c7ccc8ccccc8c7)nc(-c7cc8ccccc8cc7-c7ccccc7)n6)c5c4cc3s2)cc1. The molecule has 3 aromatic heterocycles. The molecule has 6 heteroatoms. The Bertz CT molecular complexity index is 3220. The summed E-state index contributed by atoms with van der Waals surface area (Å²) in [5.74, 6) is 1.93. The van der Waals surface area contributed by atoms with Crippen LogP contribution in [0.3, 0.4) is 0 Å². The smallest absolute Gasteiger partial charge is 0.164 e. The van der Waals surface area contributed by atoms with Crippen LogP contribution in [0.4, 0.5) is 0 Å². The van der Waals surface area contributed by atoms with Gasteiger partial charge in [-0.25, -0.2) is 19.9 Å². The zero-order valence-electron chi connectivity index (χ0n) is 28.8. The van der Waals surface area contributed by atoms with Crippen LogP contribution in [0.5, 0.6) is 0 Å². The Hall–Kier alpha value is -6.60. The molecule has 0 saturated carbocycles. The van der Waals surface area contributed by atoms with E-state index in [0.29, 0.717) is 17.5 Å². The molecule has 11 rings (SSSR count). The highest BCUT2D eigenvalue weighted by Crippen LogP contribution is 2.44. The van der Waals surface area contributed by atoms with Crippen LogP contribution < -0.4 is 0 Å². The van der Waals surface area contributed by atoms with Crippen molar-refractivity contribution >= 4 is 74.6 Å². The fourth-order valence-electron chi connectivity index (χ4n) is 7.49. The first-order valence-electron chi connectivity index (χ1n) is 17.9. The van der Waals surface area contributed by atoms with E-state index in [-0.39, 0.29) is 0 Å². The van der Waals surface area contributed by atoms with E-state index in [9.17, 15) is 0 Å². The molecule has 54 heavy (non-hydrogen) atoms. The van der Waals surface area contributed by atoms with Crippen LogP contribution in [-0.2, 0) is 0 Å². The predicted molar refractivity (Wildman–Crippen MR) is 228 cm³/mol. The molecule has 11 aromatic rings. The van der Waals surface area contributed by atoms with Crippen LogP contribution in [0.15, 0.2) is 170 Å². The molecule has 0 aliphatic carbocycles. The maximum absolute atomic E-state index is 5.37. The average molecular weight is 725 g/mol. The summed E-state index contributed by atoms with van der Waals surface area (Å²) in [6.45, 7) is 0. The molecule has 0 radical (unpaired) electrons. The molecule has 0 spiro atoms. The molecule has 0 amide bonds. The summed E-state index contributed by atoms with van der Waals surface area (Å²) in [7, 11) is 0. The third kappa shape index (κ3) is 5.26. The second-order valence-corrected chi connectivity index (χ2v) is 15.6. The summed E-state index contributed by atoms with van der Waals surface area (Å²) in [5.41, 5.74) is 7.24. The van der Waals surface area contributed by atoms with Gasteiger partial charge in [0.25, 0.3) is 0 Å². The first-order valence-corrected chi connectivity index (χ1v) is 19.5. The zero-order chi connectivity index (χ0) is 35.6. The second-order valence-electron chi connectivity index (χ2n) is 13.5. The van der Waals surface area contributed by atoms with E-state index in [0.717, 1.165) is 64.8 Å². The molecule has 0 aliphatic heterocycles. The summed E-state index contributed by atoms with van der Waals surface area (Å²) in [4.78, 5) is 21.0. The van der Waals surface area contributed by atoms with Gasteiger partial charge in [-0.3, -0.25) is 0 Å².